The Hall–Kier alpha value is -1.16. The number of amides is 1. The summed E-state index contributed by atoms with van der Waals surface area (Å²) in [6, 6.07) is 3.75. The first-order valence-corrected chi connectivity index (χ1v) is 7.46. The fourth-order valence-electron chi connectivity index (χ4n) is 2.19. The van der Waals surface area contributed by atoms with Crippen molar-refractivity contribution in [1.82, 2.24) is 5.32 Å². The Kier molecular flexibility index (Phi) is 4.17. The van der Waals surface area contributed by atoms with Gasteiger partial charge in [0.25, 0.3) is 5.91 Å². The van der Waals surface area contributed by atoms with E-state index in [2.05, 4.69) is 5.32 Å². The SMILES string of the molecule is Cc1cc(C)c(C(=O)NCC2CCSC2)cc1N. The van der Waals surface area contributed by atoms with Crippen LogP contribution in [0.2, 0.25) is 0 Å². The van der Waals surface area contributed by atoms with E-state index in [4.69, 9.17) is 5.73 Å². The van der Waals surface area contributed by atoms with E-state index < -0.39 is 0 Å². The molecule has 4 heteroatoms. The number of nitrogens with one attached hydrogen (secondary N) is 1. The molecule has 1 fully saturated rings. The number of thioether (sulfide) groups is 1. The standard InChI is InChI=1S/C14H20N2OS/c1-9-5-10(2)13(15)6-12(9)14(17)16-7-11-3-4-18-8-11/h5-6,11H,3-4,7-8,15H2,1-2H3,(H,16,17). The van der Waals surface area contributed by atoms with Crippen LogP contribution >= 0.6 is 11.8 Å². The van der Waals surface area contributed by atoms with Gasteiger partial charge in [-0.15, -0.1) is 0 Å². The molecule has 1 aliphatic heterocycles. The molecule has 1 amide bonds. The molecule has 3 N–H and O–H groups in total. The Morgan fingerprint density at radius 1 is 1.44 bits per heavy atom. The molecule has 1 heterocycles. The summed E-state index contributed by atoms with van der Waals surface area (Å²) >= 11 is 1.97. The van der Waals surface area contributed by atoms with Crippen molar-refractivity contribution in [2.24, 2.45) is 5.92 Å². The first-order valence-electron chi connectivity index (χ1n) is 6.30. The van der Waals surface area contributed by atoms with Crippen molar-refractivity contribution < 1.29 is 4.79 Å². The molecule has 1 aliphatic rings. The highest BCUT2D eigenvalue weighted by Crippen LogP contribution is 2.23. The van der Waals surface area contributed by atoms with E-state index in [1.165, 1.54) is 12.2 Å². The molecule has 2 rings (SSSR count). The van der Waals surface area contributed by atoms with E-state index >= 15 is 0 Å². The zero-order valence-corrected chi connectivity index (χ0v) is 11.8. The first-order chi connectivity index (χ1) is 8.58. The largest absolute Gasteiger partial charge is 0.398 e. The second kappa shape index (κ2) is 5.65. The number of nitrogens with two attached hydrogens (primary N) is 1. The van der Waals surface area contributed by atoms with Crippen molar-refractivity contribution in [2.75, 3.05) is 23.8 Å². The first kappa shape index (κ1) is 13.3. The van der Waals surface area contributed by atoms with E-state index in [-0.39, 0.29) is 5.91 Å². The number of aryl methyl sites for hydroxylation is 2. The molecule has 0 saturated carbocycles. The van der Waals surface area contributed by atoms with Crippen LogP contribution < -0.4 is 11.1 Å². The molecule has 18 heavy (non-hydrogen) atoms. The molecule has 0 spiro atoms. The van der Waals surface area contributed by atoms with Gasteiger partial charge in [0.1, 0.15) is 0 Å². The van der Waals surface area contributed by atoms with E-state index in [0.29, 0.717) is 17.2 Å². The zero-order valence-electron chi connectivity index (χ0n) is 11.0. The number of benzene rings is 1. The van der Waals surface area contributed by atoms with Crippen LogP contribution in [-0.4, -0.2) is 24.0 Å². The quantitative estimate of drug-likeness (QED) is 0.824. The number of nitrogen functional groups attached to an aromatic ring is 1. The number of hydrogen-bond donors (Lipinski definition) is 2. The van der Waals surface area contributed by atoms with Gasteiger partial charge in [0, 0.05) is 17.8 Å². The second-order valence-corrected chi connectivity index (χ2v) is 6.11. The molecule has 1 saturated heterocycles. The summed E-state index contributed by atoms with van der Waals surface area (Å²) in [6.45, 7) is 4.69. The summed E-state index contributed by atoms with van der Waals surface area (Å²) in [5, 5.41) is 3.02. The van der Waals surface area contributed by atoms with Crippen LogP contribution in [0.3, 0.4) is 0 Å². The predicted molar refractivity (Wildman–Crippen MR) is 78.1 cm³/mol. The molecule has 1 aromatic rings. The summed E-state index contributed by atoms with van der Waals surface area (Å²) in [6.07, 6.45) is 1.21. The van der Waals surface area contributed by atoms with Crippen LogP contribution in [-0.2, 0) is 0 Å². The van der Waals surface area contributed by atoms with Gasteiger partial charge in [0.05, 0.1) is 0 Å². The monoisotopic (exact) mass is 264 g/mol. The van der Waals surface area contributed by atoms with Crippen LogP contribution in [0.5, 0.6) is 0 Å². The van der Waals surface area contributed by atoms with Gasteiger partial charge in [-0.2, -0.15) is 11.8 Å². The Balaban J connectivity index is 2.01. The number of carbonyl (C=O) groups excluding carboxylic acids is 1. The maximum Gasteiger partial charge on any atom is 0.251 e. The van der Waals surface area contributed by atoms with Crippen molar-refractivity contribution >= 4 is 23.4 Å². The molecule has 3 nitrogen and oxygen atoms in total. The minimum Gasteiger partial charge on any atom is -0.398 e. The summed E-state index contributed by atoms with van der Waals surface area (Å²) in [4.78, 5) is 12.1. The average molecular weight is 264 g/mol. The highest BCUT2D eigenvalue weighted by Gasteiger charge is 2.17. The summed E-state index contributed by atoms with van der Waals surface area (Å²) in [5.74, 6) is 3.00. The molecule has 1 atom stereocenters. The number of hydrogen-bond acceptors (Lipinski definition) is 3. The highest BCUT2D eigenvalue weighted by atomic mass is 32.2. The van der Waals surface area contributed by atoms with Crippen molar-refractivity contribution in [3.05, 3.63) is 28.8 Å². The average Bonchev–Trinajstić information content (AvgIpc) is 2.84. The fourth-order valence-corrected chi connectivity index (χ4v) is 3.47. The van der Waals surface area contributed by atoms with Crippen molar-refractivity contribution in [2.45, 2.75) is 20.3 Å². The predicted octanol–water partition coefficient (Wildman–Crippen LogP) is 2.37. The van der Waals surface area contributed by atoms with Gasteiger partial charge in [-0.05, 0) is 54.9 Å². The van der Waals surface area contributed by atoms with Crippen LogP contribution in [0.4, 0.5) is 5.69 Å². The molecular weight excluding hydrogens is 244 g/mol. The lowest BCUT2D eigenvalue weighted by Crippen LogP contribution is -2.29. The Bertz CT molecular complexity index is 453. The molecule has 0 bridgehead atoms. The Labute approximate surface area is 113 Å². The van der Waals surface area contributed by atoms with Gasteiger partial charge in [-0.3, -0.25) is 4.79 Å². The molecular formula is C14H20N2OS. The third-order valence-corrected chi connectivity index (χ3v) is 4.66. The van der Waals surface area contributed by atoms with Gasteiger partial charge in [-0.1, -0.05) is 6.07 Å². The van der Waals surface area contributed by atoms with Gasteiger partial charge in [0.2, 0.25) is 0 Å². The lowest BCUT2D eigenvalue weighted by molar-refractivity contribution is 0.0948. The Morgan fingerprint density at radius 3 is 2.89 bits per heavy atom. The van der Waals surface area contributed by atoms with Crippen LogP contribution in [0.1, 0.15) is 27.9 Å². The van der Waals surface area contributed by atoms with Gasteiger partial charge < -0.3 is 11.1 Å². The third kappa shape index (κ3) is 2.99. The molecule has 98 valence electrons. The van der Waals surface area contributed by atoms with Gasteiger partial charge >= 0.3 is 0 Å². The molecule has 1 aromatic carbocycles. The molecule has 0 radical (unpaired) electrons. The number of rotatable bonds is 3. The minimum atomic E-state index is -0.00361. The van der Waals surface area contributed by atoms with Crippen molar-refractivity contribution in [3.8, 4) is 0 Å². The minimum absolute atomic E-state index is 0.00361. The van der Waals surface area contributed by atoms with Crippen molar-refractivity contribution in [3.63, 3.8) is 0 Å². The van der Waals surface area contributed by atoms with Crippen LogP contribution in [0.15, 0.2) is 12.1 Å². The smallest absolute Gasteiger partial charge is 0.251 e. The number of anilines is 1. The summed E-state index contributed by atoms with van der Waals surface area (Å²) in [7, 11) is 0. The highest BCUT2D eigenvalue weighted by molar-refractivity contribution is 7.99. The van der Waals surface area contributed by atoms with Gasteiger partial charge in [-0.25, -0.2) is 0 Å². The van der Waals surface area contributed by atoms with Gasteiger partial charge in [0.15, 0.2) is 0 Å². The van der Waals surface area contributed by atoms with E-state index in [1.54, 1.807) is 6.07 Å². The van der Waals surface area contributed by atoms with E-state index in [9.17, 15) is 4.79 Å². The normalized spacial score (nSPS) is 18.9. The topological polar surface area (TPSA) is 55.1 Å². The zero-order chi connectivity index (χ0) is 13.1. The number of carbonyl (C=O) groups is 1. The lowest BCUT2D eigenvalue weighted by Gasteiger charge is -2.12. The maximum absolute atomic E-state index is 12.1. The fraction of sp³-hybridized carbons (Fsp3) is 0.500. The second-order valence-electron chi connectivity index (χ2n) is 4.96. The third-order valence-electron chi connectivity index (χ3n) is 3.43. The van der Waals surface area contributed by atoms with Crippen molar-refractivity contribution in [1.29, 1.82) is 0 Å². The summed E-state index contributed by atoms with van der Waals surface area (Å²) < 4.78 is 0. The van der Waals surface area contributed by atoms with Crippen LogP contribution in [0.25, 0.3) is 0 Å². The molecule has 0 aliphatic carbocycles. The molecule has 1 unspecified atom stereocenters. The Morgan fingerprint density at radius 2 is 2.22 bits per heavy atom. The van der Waals surface area contributed by atoms with Crippen LogP contribution in [0, 0.1) is 19.8 Å². The van der Waals surface area contributed by atoms with E-state index in [1.807, 2.05) is 31.7 Å². The van der Waals surface area contributed by atoms with E-state index in [0.717, 1.165) is 23.4 Å². The molecule has 0 aromatic heterocycles. The lowest BCUT2D eigenvalue weighted by atomic mass is 10.0. The maximum atomic E-state index is 12.1. The summed E-state index contributed by atoms with van der Waals surface area (Å²) in [5.41, 5.74) is 9.25.